The fraction of sp³-hybridized carbons (Fsp3) is 0.917. The van der Waals surface area contributed by atoms with Gasteiger partial charge in [0, 0.05) is 13.1 Å². The summed E-state index contributed by atoms with van der Waals surface area (Å²) >= 11 is 0. The van der Waals surface area contributed by atoms with Gasteiger partial charge >= 0.3 is 0 Å². The van der Waals surface area contributed by atoms with Crippen LogP contribution in [0.25, 0.3) is 0 Å². The van der Waals surface area contributed by atoms with Gasteiger partial charge in [-0.3, -0.25) is 4.79 Å². The van der Waals surface area contributed by atoms with E-state index in [1.54, 1.807) is 0 Å². The Balaban J connectivity index is 2.10. The first-order valence-corrected chi connectivity index (χ1v) is 6.44. The first-order chi connectivity index (χ1) is 8.24. The molecule has 0 radical (unpaired) electrons. The molecule has 0 aromatic rings. The predicted octanol–water partition coefficient (Wildman–Crippen LogP) is 0.296. The molecule has 1 saturated heterocycles. The van der Waals surface area contributed by atoms with E-state index in [0.29, 0.717) is 26.4 Å². The van der Waals surface area contributed by atoms with Crippen molar-refractivity contribution in [1.82, 2.24) is 10.6 Å². The summed E-state index contributed by atoms with van der Waals surface area (Å²) in [6.45, 7) is 7.30. The third-order valence-corrected chi connectivity index (χ3v) is 2.76. The standard InChI is InChI=1S/C12H24N2O3/c1-3-4-5-13-12(15)10(2)14-8-11-9-16-6-7-17-11/h10-11,14H,3-9H2,1-2H3,(H,13,15). The average molecular weight is 244 g/mol. The van der Waals surface area contributed by atoms with Gasteiger partial charge in [0.15, 0.2) is 0 Å². The fourth-order valence-electron chi connectivity index (χ4n) is 1.60. The third-order valence-electron chi connectivity index (χ3n) is 2.76. The molecule has 5 nitrogen and oxygen atoms in total. The van der Waals surface area contributed by atoms with Crippen LogP contribution in [0.2, 0.25) is 0 Å². The van der Waals surface area contributed by atoms with Gasteiger partial charge in [-0.2, -0.15) is 0 Å². The number of unbranched alkanes of at least 4 members (excludes halogenated alkanes) is 1. The summed E-state index contributed by atoms with van der Waals surface area (Å²) in [4.78, 5) is 11.6. The summed E-state index contributed by atoms with van der Waals surface area (Å²) in [5, 5.41) is 6.06. The Morgan fingerprint density at radius 3 is 2.94 bits per heavy atom. The monoisotopic (exact) mass is 244 g/mol. The molecule has 0 aliphatic carbocycles. The van der Waals surface area contributed by atoms with Crippen LogP contribution in [-0.4, -0.2) is 51.0 Å². The van der Waals surface area contributed by atoms with E-state index in [2.05, 4.69) is 17.6 Å². The van der Waals surface area contributed by atoms with Crippen molar-refractivity contribution < 1.29 is 14.3 Å². The summed E-state index contributed by atoms with van der Waals surface area (Å²) in [5.74, 6) is 0.0511. The number of nitrogens with one attached hydrogen (secondary N) is 2. The van der Waals surface area contributed by atoms with E-state index in [4.69, 9.17) is 9.47 Å². The third kappa shape index (κ3) is 6.00. The van der Waals surface area contributed by atoms with Gasteiger partial charge in [-0.1, -0.05) is 13.3 Å². The van der Waals surface area contributed by atoms with Gasteiger partial charge in [0.25, 0.3) is 0 Å². The van der Waals surface area contributed by atoms with Gasteiger partial charge in [-0.05, 0) is 13.3 Å². The SMILES string of the molecule is CCCCNC(=O)C(C)NCC1COCCO1. The second-order valence-electron chi connectivity index (χ2n) is 4.34. The van der Waals surface area contributed by atoms with E-state index in [1.165, 1.54) is 0 Å². The van der Waals surface area contributed by atoms with E-state index >= 15 is 0 Å². The van der Waals surface area contributed by atoms with Crippen LogP contribution in [0.5, 0.6) is 0 Å². The Morgan fingerprint density at radius 2 is 2.29 bits per heavy atom. The molecular weight excluding hydrogens is 220 g/mol. The molecule has 100 valence electrons. The molecule has 17 heavy (non-hydrogen) atoms. The molecule has 2 unspecified atom stereocenters. The molecule has 1 fully saturated rings. The summed E-state index contributed by atoms with van der Waals surface area (Å²) in [6, 6.07) is -0.183. The van der Waals surface area contributed by atoms with Crippen molar-refractivity contribution in [2.75, 3.05) is 32.9 Å². The van der Waals surface area contributed by atoms with Gasteiger partial charge < -0.3 is 20.1 Å². The maximum Gasteiger partial charge on any atom is 0.236 e. The van der Waals surface area contributed by atoms with Crippen LogP contribution < -0.4 is 10.6 Å². The number of amides is 1. The van der Waals surface area contributed by atoms with Crippen molar-refractivity contribution in [2.24, 2.45) is 0 Å². The van der Waals surface area contributed by atoms with Crippen molar-refractivity contribution in [1.29, 1.82) is 0 Å². The topological polar surface area (TPSA) is 59.6 Å². The predicted molar refractivity (Wildman–Crippen MR) is 65.9 cm³/mol. The van der Waals surface area contributed by atoms with Crippen molar-refractivity contribution >= 4 is 5.91 Å². The van der Waals surface area contributed by atoms with Gasteiger partial charge in [-0.15, -0.1) is 0 Å². The van der Waals surface area contributed by atoms with Crippen LogP contribution in [0, 0.1) is 0 Å². The zero-order valence-corrected chi connectivity index (χ0v) is 10.8. The zero-order valence-electron chi connectivity index (χ0n) is 10.8. The molecular formula is C12H24N2O3. The average Bonchev–Trinajstić information content (AvgIpc) is 2.37. The molecule has 0 aromatic heterocycles. The quantitative estimate of drug-likeness (QED) is 0.632. The minimum absolute atomic E-state index is 0.0511. The highest BCUT2D eigenvalue weighted by Gasteiger charge is 2.17. The molecule has 1 aliphatic heterocycles. The van der Waals surface area contributed by atoms with E-state index in [0.717, 1.165) is 19.4 Å². The molecule has 0 aromatic carbocycles. The largest absolute Gasteiger partial charge is 0.376 e. The first-order valence-electron chi connectivity index (χ1n) is 6.44. The number of hydrogen-bond acceptors (Lipinski definition) is 4. The van der Waals surface area contributed by atoms with Crippen LogP contribution in [0.4, 0.5) is 0 Å². The van der Waals surface area contributed by atoms with Crippen molar-refractivity contribution in [3.63, 3.8) is 0 Å². The lowest BCUT2D eigenvalue weighted by Crippen LogP contribution is -2.47. The maximum atomic E-state index is 11.6. The number of ether oxygens (including phenoxy) is 2. The lowest BCUT2D eigenvalue weighted by atomic mass is 10.2. The molecule has 5 heteroatoms. The Labute approximate surface area is 103 Å². The second-order valence-corrected chi connectivity index (χ2v) is 4.34. The van der Waals surface area contributed by atoms with Gasteiger partial charge in [0.05, 0.1) is 32.0 Å². The zero-order chi connectivity index (χ0) is 12.5. The fourth-order valence-corrected chi connectivity index (χ4v) is 1.60. The molecule has 1 rings (SSSR count). The van der Waals surface area contributed by atoms with E-state index < -0.39 is 0 Å². The van der Waals surface area contributed by atoms with Gasteiger partial charge in [-0.25, -0.2) is 0 Å². The molecule has 1 aliphatic rings. The first kappa shape index (κ1) is 14.4. The molecule has 1 amide bonds. The summed E-state index contributed by atoms with van der Waals surface area (Å²) in [6.07, 6.45) is 2.18. The highest BCUT2D eigenvalue weighted by atomic mass is 16.6. The molecule has 0 saturated carbocycles. The normalized spacial score (nSPS) is 22.1. The van der Waals surface area contributed by atoms with Crippen LogP contribution in [0.15, 0.2) is 0 Å². The highest BCUT2D eigenvalue weighted by Crippen LogP contribution is 1.99. The number of rotatable bonds is 7. The van der Waals surface area contributed by atoms with Crippen molar-refractivity contribution in [3.05, 3.63) is 0 Å². The summed E-state index contributed by atoms with van der Waals surface area (Å²) in [7, 11) is 0. The number of hydrogen-bond donors (Lipinski definition) is 2. The summed E-state index contributed by atoms with van der Waals surface area (Å²) < 4.78 is 10.8. The molecule has 1 heterocycles. The van der Waals surface area contributed by atoms with E-state index in [-0.39, 0.29) is 18.1 Å². The lowest BCUT2D eigenvalue weighted by Gasteiger charge is -2.24. The summed E-state index contributed by atoms with van der Waals surface area (Å²) in [5.41, 5.74) is 0. The Bertz CT molecular complexity index is 218. The second kappa shape index (κ2) is 8.44. The smallest absolute Gasteiger partial charge is 0.236 e. The number of carbonyl (C=O) groups excluding carboxylic acids is 1. The van der Waals surface area contributed by atoms with Crippen LogP contribution in [-0.2, 0) is 14.3 Å². The van der Waals surface area contributed by atoms with Gasteiger partial charge in [0.2, 0.25) is 5.91 Å². The molecule has 2 atom stereocenters. The minimum Gasteiger partial charge on any atom is -0.376 e. The van der Waals surface area contributed by atoms with Crippen molar-refractivity contribution in [3.8, 4) is 0 Å². The van der Waals surface area contributed by atoms with E-state index in [1.807, 2.05) is 6.92 Å². The van der Waals surface area contributed by atoms with Gasteiger partial charge in [0.1, 0.15) is 0 Å². The Morgan fingerprint density at radius 1 is 1.47 bits per heavy atom. The van der Waals surface area contributed by atoms with Crippen LogP contribution in [0.1, 0.15) is 26.7 Å². The molecule has 2 N–H and O–H groups in total. The lowest BCUT2D eigenvalue weighted by molar-refractivity contribution is -0.123. The van der Waals surface area contributed by atoms with Crippen LogP contribution in [0.3, 0.4) is 0 Å². The molecule has 0 bridgehead atoms. The highest BCUT2D eigenvalue weighted by molar-refractivity contribution is 5.81. The van der Waals surface area contributed by atoms with Crippen molar-refractivity contribution in [2.45, 2.75) is 38.8 Å². The minimum atomic E-state index is -0.183. The maximum absolute atomic E-state index is 11.6. The Kier molecular flexibility index (Phi) is 7.16. The van der Waals surface area contributed by atoms with E-state index in [9.17, 15) is 4.79 Å². The number of carbonyl (C=O) groups is 1. The van der Waals surface area contributed by atoms with Crippen LogP contribution >= 0.6 is 0 Å². The molecule has 0 spiro atoms. The Hall–Kier alpha value is -0.650.